The van der Waals surface area contributed by atoms with E-state index in [0.29, 0.717) is 17.2 Å². The smallest absolute Gasteiger partial charge is 0.243 e. The Morgan fingerprint density at radius 2 is 1.73 bits per heavy atom. The largest absolute Gasteiger partial charge is 0.457 e. The Morgan fingerprint density at radius 1 is 1.15 bits per heavy atom. The lowest BCUT2D eigenvalue weighted by atomic mass is 10.2. The van der Waals surface area contributed by atoms with Crippen LogP contribution >= 0.6 is 0 Å². The number of amides is 1. The molecule has 26 heavy (non-hydrogen) atoms. The predicted octanol–water partition coefficient (Wildman–Crippen LogP) is 2.94. The minimum atomic E-state index is -3.65. The molecule has 0 aliphatic carbocycles. The second-order valence-electron chi connectivity index (χ2n) is 5.68. The first-order valence-electron chi connectivity index (χ1n) is 8.04. The lowest BCUT2D eigenvalue weighted by Gasteiger charge is -2.28. The molecule has 1 atom stereocenters. The highest BCUT2D eigenvalue weighted by atomic mass is 32.2. The van der Waals surface area contributed by atoms with Crippen LogP contribution in [-0.2, 0) is 14.8 Å². The van der Waals surface area contributed by atoms with Gasteiger partial charge in [0.1, 0.15) is 17.5 Å². The molecule has 0 aliphatic rings. The molecule has 0 spiro atoms. The van der Waals surface area contributed by atoms with E-state index in [1.165, 1.54) is 13.0 Å². The highest BCUT2D eigenvalue weighted by Crippen LogP contribution is 2.26. The molecule has 0 heterocycles. The van der Waals surface area contributed by atoms with Gasteiger partial charge in [-0.3, -0.25) is 9.10 Å². The van der Waals surface area contributed by atoms with E-state index >= 15 is 0 Å². The summed E-state index contributed by atoms with van der Waals surface area (Å²) in [6.45, 7) is 5.33. The van der Waals surface area contributed by atoms with E-state index in [2.05, 4.69) is 11.9 Å². The molecule has 0 aromatic heterocycles. The maximum Gasteiger partial charge on any atom is 0.243 e. The van der Waals surface area contributed by atoms with Crippen LogP contribution in [0.3, 0.4) is 0 Å². The number of rotatable bonds is 8. The fraction of sp³-hybridized carbons (Fsp3) is 0.211. The van der Waals surface area contributed by atoms with Crippen LogP contribution in [0.25, 0.3) is 0 Å². The van der Waals surface area contributed by atoms with Gasteiger partial charge < -0.3 is 10.1 Å². The van der Waals surface area contributed by atoms with Crippen molar-refractivity contribution in [1.82, 2.24) is 5.32 Å². The molecule has 1 amide bonds. The first-order valence-corrected chi connectivity index (χ1v) is 9.88. The van der Waals surface area contributed by atoms with Crippen LogP contribution in [-0.4, -0.2) is 33.2 Å². The molecule has 0 fully saturated rings. The standard InChI is InChI=1S/C19H22N2O4S/c1-4-14-20-19(22)15(2)21(26(3,23)24)16-10-12-18(13-11-16)25-17-8-6-5-7-9-17/h4-13,15H,1,14H2,2-3H3,(H,20,22)/t15-/m1/s1. The number of para-hydroxylation sites is 1. The van der Waals surface area contributed by atoms with Crippen molar-refractivity contribution in [3.63, 3.8) is 0 Å². The number of ether oxygens (including phenoxy) is 1. The first kappa shape index (κ1) is 19.5. The highest BCUT2D eigenvalue weighted by Gasteiger charge is 2.28. The van der Waals surface area contributed by atoms with Gasteiger partial charge >= 0.3 is 0 Å². The third-order valence-electron chi connectivity index (χ3n) is 3.58. The van der Waals surface area contributed by atoms with Crippen LogP contribution in [0.5, 0.6) is 11.5 Å². The molecule has 1 N–H and O–H groups in total. The van der Waals surface area contributed by atoms with Crippen LogP contribution in [0.2, 0.25) is 0 Å². The maximum atomic E-state index is 12.2. The van der Waals surface area contributed by atoms with E-state index in [0.717, 1.165) is 10.6 Å². The molecule has 0 radical (unpaired) electrons. The maximum absolute atomic E-state index is 12.2. The van der Waals surface area contributed by atoms with Crippen LogP contribution in [0, 0.1) is 0 Å². The molecule has 0 bridgehead atoms. The van der Waals surface area contributed by atoms with Crippen molar-refractivity contribution in [2.75, 3.05) is 17.1 Å². The van der Waals surface area contributed by atoms with Gasteiger partial charge in [-0.1, -0.05) is 24.3 Å². The number of nitrogens with one attached hydrogen (secondary N) is 1. The van der Waals surface area contributed by atoms with Gasteiger partial charge in [0, 0.05) is 6.54 Å². The molecule has 0 aliphatic heterocycles. The van der Waals surface area contributed by atoms with Crippen LogP contribution < -0.4 is 14.4 Å². The molecule has 7 heteroatoms. The average Bonchev–Trinajstić information content (AvgIpc) is 2.61. The summed E-state index contributed by atoms with van der Waals surface area (Å²) in [4.78, 5) is 12.2. The molecule has 0 saturated heterocycles. The van der Waals surface area contributed by atoms with Crippen LogP contribution in [0.1, 0.15) is 6.92 Å². The Kier molecular flexibility index (Phi) is 6.41. The third kappa shape index (κ3) is 5.10. The Hall–Kier alpha value is -2.80. The van der Waals surface area contributed by atoms with Crippen molar-refractivity contribution in [2.45, 2.75) is 13.0 Å². The van der Waals surface area contributed by atoms with Gasteiger partial charge in [-0.15, -0.1) is 6.58 Å². The second kappa shape index (κ2) is 8.53. The van der Waals surface area contributed by atoms with Gasteiger partial charge in [0.15, 0.2) is 0 Å². The molecule has 0 saturated carbocycles. The Labute approximate surface area is 154 Å². The van der Waals surface area contributed by atoms with E-state index < -0.39 is 22.0 Å². The average molecular weight is 374 g/mol. The van der Waals surface area contributed by atoms with E-state index in [9.17, 15) is 13.2 Å². The van der Waals surface area contributed by atoms with Gasteiger partial charge in [0.2, 0.25) is 15.9 Å². The molecule has 2 rings (SSSR count). The summed E-state index contributed by atoms with van der Waals surface area (Å²) < 4.78 is 31.2. The zero-order valence-corrected chi connectivity index (χ0v) is 15.6. The summed E-state index contributed by atoms with van der Waals surface area (Å²) in [6.07, 6.45) is 2.60. The topological polar surface area (TPSA) is 75.7 Å². The number of hydrogen-bond donors (Lipinski definition) is 1. The summed E-state index contributed by atoms with van der Waals surface area (Å²) in [6, 6.07) is 14.9. The van der Waals surface area contributed by atoms with Gasteiger partial charge in [-0.25, -0.2) is 8.42 Å². The molecular formula is C19H22N2O4S. The van der Waals surface area contributed by atoms with Crippen molar-refractivity contribution < 1.29 is 17.9 Å². The minimum Gasteiger partial charge on any atom is -0.457 e. The number of carbonyl (C=O) groups excluding carboxylic acids is 1. The van der Waals surface area contributed by atoms with Gasteiger partial charge in [-0.2, -0.15) is 0 Å². The van der Waals surface area contributed by atoms with Gasteiger partial charge in [-0.05, 0) is 43.3 Å². The second-order valence-corrected chi connectivity index (χ2v) is 7.54. The fourth-order valence-corrected chi connectivity index (χ4v) is 3.59. The van der Waals surface area contributed by atoms with E-state index in [4.69, 9.17) is 4.74 Å². The highest BCUT2D eigenvalue weighted by molar-refractivity contribution is 7.92. The normalized spacial score (nSPS) is 12.1. The number of nitrogens with zero attached hydrogens (tertiary/aromatic N) is 1. The molecule has 2 aromatic rings. The van der Waals surface area contributed by atoms with Gasteiger partial charge in [0.25, 0.3) is 0 Å². The quantitative estimate of drug-likeness (QED) is 0.721. The van der Waals surface area contributed by atoms with Gasteiger partial charge in [0.05, 0.1) is 11.9 Å². The monoisotopic (exact) mass is 374 g/mol. The zero-order chi connectivity index (χ0) is 19.2. The third-order valence-corrected chi connectivity index (χ3v) is 4.82. The summed E-state index contributed by atoms with van der Waals surface area (Å²) >= 11 is 0. The van der Waals surface area contributed by atoms with E-state index in [1.54, 1.807) is 24.3 Å². The van der Waals surface area contributed by atoms with Crippen molar-refractivity contribution in [1.29, 1.82) is 0 Å². The molecular weight excluding hydrogens is 352 g/mol. The van der Waals surface area contributed by atoms with Crippen molar-refractivity contribution in [3.8, 4) is 11.5 Å². The summed E-state index contributed by atoms with van der Waals surface area (Å²) in [5.74, 6) is 0.842. The minimum absolute atomic E-state index is 0.268. The van der Waals surface area contributed by atoms with Crippen LogP contribution in [0.4, 0.5) is 5.69 Å². The molecule has 0 unspecified atom stereocenters. The van der Waals surface area contributed by atoms with E-state index in [-0.39, 0.29) is 6.54 Å². The summed E-state index contributed by atoms with van der Waals surface area (Å²) in [5, 5.41) is 2.61. The Morgan fingerprint density at radius 3 is 2.27 bits per heavy atom. The molecule has 2 aromatic carbocycles. The lowest BCUT2D eigenvalue weighted by Crippen LogP contribution is -2.47. The van der Waals surface area contributed by atoms with E-state index in [1.807, 2.05) is 30.3 Å². The SMILES string of the molecule is C=CCNC(=O)[C@@H](C)N(c1ccc(Oc2ccccc2)cc1)S(C)(=O)=O. The van der Waals surface area contributed by atoms with Crippen molar-refractivity contribution >= 4 is 21.6 Å². The lowest BCUT2D eigenvalue weighted by molar-refractivity contribution is -0.121. The summed E-state index contributed by atoms with van der Waals surface area (Å²) in [7, 11) is -3.65. The zero-order valence-electron chi connectivity index (χ0n) is 14.8. The molecule has 6 nitrogen and oxygen atoms in total. The van der Waals surface area contributed by atoms with Crippen LogP contribution in [0.15, 0.2) is 67.3 Å². The number of benzene rings is 2. The number of anilines is 1. The fourth-order valence-electron chi connectivity index (χ4n) is 2.41. The van der Waals surface area contributed by atoms with Crippen molar-refractivity contribution in [3.05, 3.63) is 67.3 Å². The molecule has 138 valence electrons. The Bertz CT molecular complexity index is 849. The number of hydrogen-bond acceptors (Lipinski definition) is 4. The summed E-state index contributed by atoms with van der Waals surface area (Å²) in [5.41, 5.74) is 0.383. The Balaban J connectivity index is 2.23. The number of sulfonamides is 1. The predicted molar refractivity (Wildman–Crippen MR) is 103 cm³/mol. The first-order chi connectivity index (χ1) is 12.3. The number of carbonyl (C=O) groups is 1. The van der Waals surface area contributed by atoms with Crippen molar-refractivity contribution in [2.24, 2.45) is 0 Å².